The molecule has 0 aliphatic carbocycles. The number of alkyl halides is 1. The van der Waals surface area contributed by atoms with Crippen LogP contribution in [0.1, 0.15) is 5.56 Å². The normalized spacial score (nSPS) is 11.5. The van der Waals surface area contributed by atoms with E-state index in [-0.39, 0.29) is 17.7 Å². The highest BCUT2D eigenvalue weighted by Gasteiger charge is 2.30. The van der Waals surface area contributed by atoms with Crippen LogP contribution in [0.15, 0.2) is 91.0 Å². The number of amides is 2. The number of para-hydroxylation sites is 4. The maximum absolute atomic E-state index is 12.1. The molecular formula is C28H19AlCl8N2O2. The topological polar surface area (TPSA) is 40.6 Å². The molecule has 0 radical (unpaired) electrons. The molecule has 41 heavy (non-hydrogen) atoms. The lowest BCUT2D eigenvalue weighted by atomic mass is 10.2. The van der Waals surface area contributed by atoms with Crippen LogP contribution in [0.25, 0.3) is 0 Å². The molecule has 5 rings (SSSR count). The summed E-state index contributed by atoms with van der Waals surface area (Å²) in [6, 6.07) is 27.1. The molecule has 0 bridgehead atoms. The number of nitrogens with zero attached hydrogens (tertiary/aromatic N) is 2. The number of carbonyl (C=O) groups excluding carboxylic acids is 2. The minimum atomic E-state index is -1.72. The Labute approximate surface area is 280 Å². The van der Waals surface area contributed by atoms with Gasteiger partial charge in [0.25, 0.3) is 0 Å². The zero-order valence-electron chi connectivity index (χ0n) is 20.9. The maximum Gasteiger partial charge on any atom is 0.643 e. The average Bonchev–Trinajstić information content (AvgIpc) is 3.26. The summed E-state index contributed by atoms with van der Waals surface area (Å²) in [6.45, 7) is 0. The summed E-state index contributed by atoms with van der Waals surface area (Å²) in [5.41, 5.74) is 3.54. The van der Waals surface area contributed by atoms with E-state index in [9.17, 15) is 9.59 Å². The molecule has 0 saturated carbocycles. The molecule has 4 aromatic carbocycles. The van der Waals surface area contributed by atoms with Gasteiger partial charge in [-0.3, -0.25) is 19.4 Å². The SMILES string of the molecule is O=C(CCl)N(c1ccccc1)c1c(Cl)cccc1Cl.O=C1Cc2ccccc2N1c1c(Cl)cccc1Cl.[Cl][Al]([Cl])[Cl]. The Morgan fingerprint density at radius 3 is 1.76 bits per heavy atom. The van der Waals surface area contributed by atoms with Crippen LogP contribution in [0.3, 0.4) is 0 Å². The number of carbonyl (C=O) groups is 2. The van der Waals surface area contributed by atoms with Gasteiger partial charge in [-0.15, -0.1) is 11.6 Å². The molecule has 0 spiro atoms. The van der Waals surface area contributed by atoms with Gasteiger partial charge in [-0.2, -0.15) is 0 Å². The fourth-order valence-electron chi connectivity index (χ4n) is 3.94. The van der Waals surface area contributed by atoms with Gasteiger partial charge in [0.05, 0.1) is 43.6 Å². The molecule has 2 amide bonds. The van der Waals surface area contributed by atoms with Gasteiger partial charge in [0.2, 0.25) is 11.8 Å². The van der Waals surface area contributed by atoms with Gasteiger partial charge < -0.3 is 0 Å². The third kappa shape index (κ3) is 9.08. The summed E-state index contributed by atoms with van der Waals surface area (Å²) in [5.74, 6) is -0.453. The van der Waals surface area contributed by atoms with E-state index in [0.29, 0.717) is 43.6 Å². The van der Waals surface area contributed by atoms with Crippen molar-refractivity contribution in [2.45, 2.75) is 6.42 Å². The minimum Gasteiger partial charge on any atom is -0.277 e. The minimum absolute atomic E-state index is 0.00815. The summed E-state index contributed by atoms with van der Waals surface area (Å²) in [4.78, 5) is 27.3. The molecule has 212 valence electrons. The van der Waals surface area contributed by atoms with Crippen molar-refractivity contribution >= 4 is 134 Å². The number of hydrogen-bond acceptors (Lipinski definition) is 2. The van der Waals surface area contributed by atoms with Gasteiger partial charge in [0.15, 0.2) is 0 Å². The number of benzene rings is 4. The molecule has 0 aromatic heterocycles. The largest absolute Gasteiger partial charge is 0.643 e. The van der Waals surface area contributed by atoms with E-state index in [1.807, 2.05) is 42.5 Å². The monoisotopic (exact) mass is 722 g/mol. The van der Waals surface area contributed by atoms with Crippen molar-refractivity contribution in [1.29, 1.82) is 0 Å². The first-order valence-corrected chi connectivity index (χ1v) is 19.0. The third-order valence-electron chi connectivity index (χ3n) is 5.52. The van der Waals surface area contributed by atoms with Crippen LogP contribution in [0.5, 0.6) is 0 Å². The van der Waals surface area contributed by atoms with Crippen LogP contribution < -0.4 is 9.80 Å². The molecule has 4 aromatic rings. The molecular weight excluding hydrogens is 707 g/mol. The first kappa shape index (κ1) is 34.2. The van der Waals surface area contributed by atoms with E-state index in [1.54, 1.807) is 53.4 Å². The van der Waals surface area contributed by atoms with Crippen molar-refractivity contribution in [1.82, 2.24) is 0 Å². The Bertz CT molecular complexity index is 1460. The molecule has 13 heteroatoms. The van der Waals surface area contributed by atoms with Crippen molar-refractivity contribution < 1.29 is 9.59 Å². The lowest BCUT2D eigenvalue weighted by molar-refractivity contribution is -0.117. The molecule has 0 unspecified atom stereocenters. The zero-order valence-corrected chi connectivity index (χ0v) is 28.1. The van der Waals surface area contributed by atoms with E-state index in [2.05, 4.69) is 0 Å². The number of anilines is 4. The maximum atomic E-state index is 12.1. The van der Waals surface area contributed by atoms with Gasteiger partial charge in [-0.1, -0.05) is 94.9 Å². The lowest BCUT2D eigenvalue weighted by Gasteiger charge is -2.24. The van der Waals surface area contributed by atoms with Crippen LogP contribution >= 0.6 is 88.2 Å². The van der Waals surface area contributed by atoms with Crippen molar-refractivity contribution in [3.05, 3.63) is 117 Å². The second-order valence-corrected chi connectivity index (χ2v) is 16.5. The van der Waals surface area contributed by atoms with Crippen molar-refractivity contribution in [3.63, 3.8) is 0 Å². The lowest BCUT2D eigenvalue weighted by Crippen LogP contribution is -2.27. The predicted octanol–water partition coefficient (Wildman–Crippen LogP) is 10.8. The standard InChI is InChI=1S/C14H10Cl3NO.C14H9Cl2NO.Al.3ClH/c15-9-13(19)18(10-5-2-1-3-6-10)14-11(16)7-4-8-12(14)17;15-10-5-3-6-11(16)14(10)17-12-7-2-1-4-9(12)8-13(17)18;;;;/h1-8H,9H2;1-7H,8H2;;3*1H/q;;+3;;;/p-3. The van der Waals surface area contributed by atoms with Gasteiger partial charge in [-0.25, -0.2) is 30.1 Å². The quantitative estimate of drug-likeness (QED) is 0.155. The highest BCUT2D eigenvalue weighted by Crippen LogP contribution is 2.42. The van der Waals surface area contributed by atoms with Gasteiger partial charge >= 0.3 is 11.4 Å². The number of fused-ring (bicyclic) bond motifs is 1. The third-order valence-corrected chi connectivity index (χ3v) is 6.97. The smallest absolute Gasteiger partial charge is 0.277 e. The first-order chi connectivity index (χ1) is 19.6. The Morgan fingerprint density at radius 2 is 1.22 bits per heavy atom. The number of hydrogen-bond donors (Lipinski definition) is 0. The van der Waals surface area contributed by atoms with Crippen LogP contribution in [-0.2, 0) is 16.0 Å². The molecule has 0 saturated heterocycles. The summed E-state index contributed by atoms with van der Waals surface area (Å²) < 4.78 is 0. The summed E-state index contributed by atoms with van der Waals surface area (Å²) >= 11 is 28.6. The van der Waals surface area contributed by atoms with Gasteiger partial charge in [0, 0.05) is 5.69 Å². The molecule has 1 aliphatic heterocycles. The highest BCUT2D eigenvalue weighted by molar-refractivity contribution is 7.54. The summed E-state index contributed by atoms with van der Waals surface area (Å²) in [5, 5.41) is 1.75. The van der Waals surface area contributed by atoms with E-state index in [4.69, 9.17) is 88.2 Å². The second kappa shape index (κ2) is 16.5. The Hall–Kier alpha value is -1.33. The molecule has 0 atom stereocenters. The first-order valence-electron chi connectivity index (χ1n) is 11.7. The summed E-state index contributed by atoms with van der Waals surface area (Å²) in [6.07, 6.45) is 0.387. The fourth-order valence-corrected chi connectivity index (χ4v) is 5.19. The number of rotatable bonds is 4. The van der Waals surface area contributed by atoms with Crippen LogP contribution in [0.2, 0.25) is 20.1 Å². The Kier molecular flexibility index (Phi) is 13.8. The summed E-state index contributed by atoms with van der Waals surface area (Å²) in [7, 11) is 14.8. The Balaban J connectivity index is 0.000000200. The van der Waals surface area contributed by atoms with Gasteiger partial charge in [0.1, 0.15) is 5.88 Å². The molecule has 0 fully saturated rings. The molecule has 1 aliphatic rings. The highest BCUT2D eigenvalue weighted by atomic mass is 35.8. The fraction of sp³-hybridized carbons (Fsp3) is 0.0714. The van der Waals surface area contributed by atoms with Crippen LogP contribution in [0, 0.1) is 0 Å². The van der Waals surface area contributed by atoms with Crippen molar-refractivity contribution in [3.8, 4) is 0 Å². The van der Waals surface area contributed by atoms with E-state index >= 15 is 0 Å². The Morgan fingerprint density at radius 1 is 0.732 bits per heavy atom. The average molecular weight is 726 g/mol. The van der Waals surface area contributed by atoms with Crippen LogP contribution in [0.4, 0.5) is 22.7 Å². The van der Waals surface area contributed by atoms with Crippen molar-refractivity contribution in [2.75, 3.05) is 15.7 Å². The van der Waals surface area contributed by atoms with Crippen LogP contribution in [-0.4, -0.2) is 29.1 Å². The van der Waals surface area contributed by atoms with E-state index in [0.717, 1.165) is 11.3 Å². The molecule has 1 heterocycles. The van der Waals surface area contributed by atoms with E-state index in [1.165, 1.54) is 4.90 Å². The number of halogens is 8. The molecule has 0 N–H and O–H groups in total. The zero-order chi connectivity index (χ0) is 30.1. The predicted molar refractivity (Wildman–Crippen MR) is 178 cm³/mol. The van der Waals surface area contributed by atoms with Crippen molar-refractivity contribution in [2.24, 2.45) is 0 Å². The molecule has 4 nitrogen and oxygen atoms in total. The van der Waals surface area contributed by atoms with E-state index < -0.39 is 11.4 Å². The van der Waals surface area contributed by atoms with Gasteiger partial charge in [-0.05, 0) is 48.0 Å². The second-order valence-electron chi connectivity index (χ2n) is 8.12.